The summed E-state index contributed by atoms with van der Waals surface area (Å²) < 4.78 is 10.4. The van der Waals surface area contributed by atoms with Gasteiger partial charge in [-0.25, -0.2) is 5.43 Å². The van der Waals surface area contributed by atoms with Crippen LogP contribution in [0.3, 0.4) is 0 Å². The number of nitro benzene ring substituents is 1. The van der Waals surface area contributed by atoms with E-state index < -0.39 is 10.8 Å². The number of hydrazone groups is 1. The lowest BCUT2D eigenvalue weighted by Gasteiger charge is -2.06. The van der Waals surface area contributed by atoms with Crippen molar-refractivity contribution < 1.29 is 19.2 Å². The van der Waals surface area contributed by atoms with Crippen molar-refractivity contribution in [1.29, 1.82) is 0 Å². The first-order valence-electron chi connectivity index (χ1n) is 8.37. The van der Waals surface area contributed by atoms with Crippen molar-refractivity contribution in [3.8, 4) is 22.8 Å². The SMILES string of the molecule is COc1ccc(OC)c(/C=N\NC(=O)c2cc(-c3cccc([N+](=O)[O-])c3)n[nH]2)c1. The number of H-pyrrole nitrogens is 1. The average Bonchev–Trinajstić information content (AvgIpc) is 3.24. The molecule has 0 aliphatic carbocycles. The first-order chi connectivity index (χ1) is 14.0. The standard InChI is InChI=1S/C19H17N5O5/c1-28-15-6-7-18(29-2)13(9-15)11-20-23-19(25)17-10-16(21-22-17)12-4-3-5-14(8-12)24(26)27/h3-11H,1-2H3,(H,21,22)(H,23,25)/b20-11-. The number of amides is 1. The molecule has 0 bridgehead atoms. The van der Waals surface area contributed by atoms with Gasteiger partial charge in [0.2, 0.25) is 0 Å². The lowest BCUT2D eigenvalue weighted by Crippen LogP contribution is -2.18. The average molecular weight is 395 g/mol. The van der Waals surface area contributed by atoms with Crippen LogP contribution < -0.4 is 14.9 Å². The van der Waals surface area contributed by atoms with Crippen LogP contribution in [0, 0.1) is 10.1 Å². The maximum Gasteiger partial charge on any atom is 0.289 e. The molecule has 2 aromatic carbocycles. The first kappa shape index (κ1) is 19.5. The predicted octanol–water partition coefficient (Wildman–Crippen LogP) is 2.77. The molecule has 3 rings (SSSR count). The Kier molecular flexibility index (Phi) is 5.83. The normalized spacial score (nSPS) is 10.7. The zero-order valence-electron chi connectivity index (χ0n) is 15.6. The fourth-order valence-corrected chi connectivity index (χ4v) is 2.53. The van der Waals surface area contributed by atoms with Crippen molar-refractivity contribution >= 4 is 17.8 Å². The molecular formula is C19H17N5O5. The number of nitrogens with one attached hydrogen (secondary N) is 2. The van der Waals surface area contributed by atoms with Crippen molar-refractivity contribution in [2.75, 3.05) is 14.2 Å². The van der Waals surface area contributed by atoms with E-state index in [9.17, 15) is 14.9 Å². The highest BCUT2D eigenvalue weighted by Gasteiger charge is 2.13. The zero-order valence-corrected chi connectivity index (χ0v) is 15.6. The Labute approximate surface area is 165 Å². The highest BCUT2D eigenvalue weighted by Crippen LogP contribution is 2.23. The van der Waals surface area contributed by atoms with Gasteiger partial charge in [-0.2, -0.15) is 10.2 Å². The number of non-ortho nitro benzene ring substituents is 1. The number of benzene rings is 2. The molecular weight excluding hydrogens is 378 g/mol. The molecule has 29 heavy (non-hydrogen) atoms. The molecule has 10 nitrogen and oxygen atoms in total. The van der Waals surface area contributed by atoms with Gasteiger partial charge in [-0.05, 0) is 24.3 Å². The topological polar surface area (TPSA) is 132 Å². The number of carbonyl (C=O) groups excluding carboxylic acids is 1. The molecule has 0 radical (unpaired) electrons. The second-order valence-corrected chi connectivity index (χ2v) is 5.78. The van der Waals surface area contributed by atoms with Gasteiger partial charge in [0, 0.05) is 23.3 Å². The molecule has 1 aromatic heterocycles. The first-order valence-corrected chi connectivity index (χ1v) is 8.37. The summed E-state index contributed by atoms with van der Waals surface area (Å²) in [5.74, 6) is 0.666. The third kappa shape index (κ3) is 4.56. The monoisotopic (exact) mass is 395 g/mol. The summed E-state index contributed by atoms with van der Waals surface area (Å²) in [5.41, 5.74) is 4.01. The molecule has 10 heteroatoms. The quantitative estimate of drug-likeness (QED) is 0.359. The van der Waals surface area contributed by atoms with Crippen LogP contribution in [0.4, 0.5) is 5.69 Å². The largest absolute Gasteiger partial charge is 0.497 e. The van der Waals surface area contributed by atoms with Gasteiger partial charge in [-0.3, -0.25) is 20.0 Å². The van der Waals surface area contributed by atoms with Crippen molar-refractivity contribution in [3.63, 3.8) is 0 Å². The van der Waals surface area contributed by atoms with Gasteiger partial charge in [-0.15, -0.1) is 0 Å². The highest BCUT2D eigenvalue weighted by molar-refractivity contribution is 5.94. The molecule has 3 aromatic rings. The lowest BCUT2D eigenvalue weighted by molar-refractivity contribution is -0.384. The molecule has 0 aliphatic rings. The summed E-state index contributed by atoms with van der Waals surface area (Å²) >= 11 is 0. The number of aromatic amines is 1. The minimum absolute atomic E-state index is 0.0617. The van der Waals surface area contributed by atoms with Gasteiger partial charge < -0.3 is 9.47 Å². The van der Waals surface area contributed by atoms with Gasteiger partial charge in [0.05, 0.1) is 31.1 Å². The highest BCUT2D eigenvalue weighted by atomic mass is 16.6. The molecule has 0 fully saturated rings. The summed E-state index contributed by atoms with van der Waals surface area (Å²) in [6.45, 7) is 0. The van der Waals surface area contributed by atoms with E-state index in [1.807, 2.05) is 0 Å². The van der Waals surface area contributed by atoms with Crippen molar-refractivity contribution in [2.45, 2.75) is 0 Å². The van der Waals surface area contributed by atoms with E-state index in [0.29, 0.717) is 28.3 Å². The van der Waals surface area contributed by atoms with Crippen molar-refractivity contribution in [1.82, 2.24) is 15.6 Å². The van der Waals surface area contributed by atoms with Gasteiger partial charge >= 0.3 is 0 Å². The van der Waals surface area contributed by atoms with Gasteiger partial charge in [0.25, 0.3) is 11.6 Å². The van der Waals surface area contributed by atoms with Gasteiger partial charge in [0.1, 0.15) is 17.2 Å². The van der Waals surface area contributed by atoms with Crippen molar-refractivity contribution in [3.05, 3.63) is 69.9 Å². The molecule has 0 atom stereocenters. The molecule has 0 spiro atoms. The van der Waals surface area contributed by atoms with E-state index in [4.69, 9.17) is 9.47 Å². The number of hydrogen-bond acceptors (Lipinski definition) is 7. The summed E-state index contributed by atoms with van der Waals surface area (Å²) in [4.78, 5) is 22.7. The third-order valence-corrected chi connectivity index (χ3v) is 3.98. The summed E-state index contributed by atoms with van der Waals surface area (Å²) in [5, 5.41) is 21.4. The number of methoxy groups -OCH3 is 2. The van der Waals surface area contributed by atoms with Crippen molar-refractivity contribution in [2.24, 2.45) is 5.10 Å². The van der Waals surface area contributed by atoms with Crippen LogP contribution in [-0.4, -0.2) is 41.5 Å². The van der Waals surface area contributed by atoms with Crippen LogP contribution in [0.1, 0.15) is 16.1 Å². The molecule has 0 unspecified atom stereocenters. The maximum atomic E-state index is 12.3. The van der Waals surface area contributed by atoms with Gasteiger partial charge in [0.15, 0.2) is 0 Å². The van der Waals surface area contributed by atoms with Gasteiger partial charge in [-0.1, -0.05) is 12.1 Å². The van der Waals surface area contributed by atoms with Crippen LogP contribution >= 0.6 is 0 Å². The summed E-state index contributed by atoms with van der Waals surface area (Å²) in [6, 6.07) is 12.6. The molecule has 2 N–H and O–H groups in total. The lowest BCUT2D eigenvalue weighted by atomic mass is 10.1. The number of nitro groups is 1. The second-order valence-electron chi connectivity index (χ2n) is 5.78. The minimum atomic E-state index is -0.521. The molecule has 1 heterocycles. The Morgan fingerprint density at radius 1 is 1.21 bits per heavy atom. The maximum absolute atomic E-state index is 12.3. The number of ether oxygens (including phenoxy) is 2. The fourth-order valence-electron chi connectivity index (χ4n) is 2.53. The molecule has 148 valence electrons. The molecule has 0 aliphatic heterocycles. The fraction of sp³-hybridized carbons (Fsp3) is 0.105. The Morgan fingerprint density at radius 2 is 2.03 bits per heavy atom. The number of carbonyl (C=O) groups is 1. The molecule has 0 saturated heterocycles. The van der Waals surface area contributed by atoms with Crippen LogP contribution in [0.2, 0.25) is 0 Å². The minimum Gasteiger partial charge on any atom is -0.497 e. The Bertz CT molecular complexity index is 1080. The second kappa shape index (κ2) is 8.65. The number of aromatic nitrogens is 2. The van der Waals surface area contributed by atoms with E-state index in [-0.39, 0.29) is 11.4 Å². The van der Waals surface area contributed by atoms with Crippen LogP contribution in [-0.2, 0) is 0 Å². The van der Waals surface area contributed by atoms with Crippen LogP contribution in [0.5, 0.6) is 11.5 Å². The third-order valence-electron chi connectivity index (χ3n) is 3.98. The number of nitrogens with zero attached hydrogens (tertiary/aromatic N) is 3. The predicted molar refractivity (Wildman–Crippen MR) is 105 cm³/mol. The molecule has 0 saturated carbocycles. The number of rotatable bonds is 7. The summed E-state index contributed by atoms with van der Waals surface area (Å²) in [7, 11) is 3.07. The van der Waals surface area contributed by atoms with Crippen LogP contribution in [0.15, 0.2) is 53.6 Å². The van der Waals surface area contributed by atoms with E-state index in [2.05, 4.69) is 20.7 Å². The van der Waals surface area contributed by atoms with E-state index in [0.717, 1.165) is 0 Å². The Morgan fingerprint density at radius 3 is 2.76 bits per heavy atom. The Hall–Kier alpha value is -4.21. The van der Waals surface area contributed by atoms with E-state index >= 15 is 0 Å². The smallest absolute Gasteiger partial charge is 0.289 e. The number of hydrogen-bond donors (Lipinski definition) is 2. The molecule has 1 amide bonds. The van der Waals surface area contributed by atoms with E-state index in [1.54, 1.807) is 37.4 Å². The van der Waals surface area contributed by atoms with E-state index in [1.165, 1.54) is 31.5 Å². The van der Waals surface area contributed by atoms with Crippen LogP contribution in [0.25, 0.3) is 11.3 Å². The Balaban J connectivity index is 1.72. The summed E-state index contributed by atoms with van der Waals surface area (Å²) in [6.07, 6.45) is 1.43. The zero-order chi connectivity index (χ0) is 20.8.